The fourth-order valence-corrected chi connectivity index (χ4v) is 4.96. The fraction of sp³-hybridized carbons (Fsp3) is 0.391. The zero-order chi connectivity index (χ0) is 22.9. The molecule has 1 saturated carbocycles. The first-order valence-electron chi connectivity index (χ1n) is 10.4. The predicted molar refractivity (Wildman–Crippen MR) is 122 cm³/mol. The number of ether oxygens (including phenoxy) is 1. The van der Waals surface area contributed by atoms with Crippen LogP contribution in [0.2, 0.25) is 0 Å². The topological polar surface area (TPSA) is 117 Å². The van der Waals surface area contributed by atoms with Crippen molar-refractivity contribution in [3.8, 4) is 16.3 Å². The number of nitrogens with one attached hydrogen (secondary N) is 1. The number of rotatable bonds is 6. The van der Waals surface area contributed by atoms with Gasteiger partial charge in [0.25, 0.3) is 0 Å². The third-order valence-corrected chi connectivity index (χ3v) is 7.30. The molecular formula is C23H26N4O4S. The van der Waals surface area contributed by atoms with Gasteiger partial charge < -0.3 is 20.3 Å². The summed E-state index contributed by atoms with van der Waals surface area (Å²) in [6, 6.07) is 7.72. The number of hydrogen-bond acceptors (Lipinski definition) is 8. The lowest BCUT2D eigenvalue weighted by Crippen LogP contribution is -2.39. The van der Waals surface area contributed by atoms with Crippen LogP contribution in [0.4, 0.5) is 11.6 Å². The SMILES string of the molecule is COc1ccnc(Nc2cc(C)cc(-c3cnc(C4(O)CCC(C)(C(=O)O)CC4)s3)c2)n1. The molecule has 32 heavy (non-hydrogen) atoms. The van der Waals surface area contributed by atoms with Gasteiger partial charge in [-0.25, -0.2) is 9.97 Å². The average molecular weight is 455 g/mol. The van der Waals surface area contributed by atoms with Gasteiger partial charge in [-0.3, -0.25) is 4.79 Å². The molecule has 2 aromatic heterocycles. The van der Waals surface area contributed by atoms with Crippen LogP contribution >= 0.6 is 11.3 Å². The number of carboxylic acids is 1. The predicted octanol–water partition coefficient (Wildman–Crippen LogP) is 4.51. The van der Waals surface area contributed by atoms with E-state index in [9.17, 15) is 15.0 Å². The van der Waals surface area contributed by atoms with Crippen LogP contribution in [0, 0.1) is 12.3 Å². The Balaban J connectivity index is 1.56. The minimum atomic E-state index is -1.09. The molecule has 0 spiro atoms. The highest BCUT2D eigenvalue weighted by Gasteiger charge is 2.45. The molecule has 9 heteroatoms. The summed E-state index contributed by atoms with van der Waals surface area (Å²) in [4.78, 5) is 25.5. The average Bonchev–Trinajstić information content (AvgIpc) is 3.27. The minimum absolute atomic E-state index is 0.385. The van der Waals surface area contributed by atoms with Gasteiger partial charge in [0.15, 0.2) is 0 Å². The highest BCUT2D eigenvalue weighted by molar-refractivity contribution is 7.15. The van der Waals surface area contributed by atoms with E-state index in [1.807, 2.05) is 19.1 Å². The molecule has 168 valence electrons. The third kappa shape index (κ3) is 4.44. The Morgan fingerprint density at radius 2 is 1.94 bits per heavy atom. The third-order valence-electron chi connectivity index (χ3n) is 6.06. The minimum Gasteiger partial charge on any atom is -0.481 e. The molecule has 0 unspecified atom stereocenters. The molecule has 0 bridgehead atoms. The lowest BCUT2D eigenvalue weighted by Gasteiger charge is -2.38. The van der Waals surface area contributed by atoms with E-state index >= 15 is 0 Å². The van der Waals surface area contributed by atoms with Crippen LogP contribution in [0.5, 0.6) is 5.88 Å². The number of anilines is 2. The molecule has 3 N–H and O–H groups in total. The molecule has 1 aliphatic rings. The molecule has 0 atom stereocenters. The summed E-state index contributed by atoms with van der Waals surface area (Å²) in [5, 5.41) is 24.5. The van der Waals surface area contributed by atoms with Gasteiger partial charge in [0.2, 0.25) is 11.8 Å². The molecule has 2 heterocycles. The van der Waals surface area contributed by atoms with E-state index in [1.165, 1.54) is 11.3 Å². The van der Waals surface area contributed by atoms with Crippen molar-refractivity contribution in [1.82, 2.24) is 15.0 Å². The molecule has 1 aliphatic carbocycles. The second-order valence-corrected chi connectivity index (χ2v) is 9.59. The van der Waals surface area contributed by atoms with Gasteiger partial charge in [-0.1, -0.05) is 6.07 Å². The first kappa shape index (κ1) is 22.2. The van der Waals surface area contributed by atoms with Crippen molar-refractivity contribution < 1.29 is 19.7 Å². The second-order valence-electron chi connectivity index (χ2n) is 8.56. The van der Waals surface area contributed by atoms with Crippen LogP contribution < -0.4 is 10.1 Å². The quantitative estimate of drug-likeness (QED) is 0.498. The highest BCUT2D eigenvalue weighted by atomic mass is 32.1. The van der Waals surface area contributed by atoms with Gasteiger partial charge >= 0.3 is 5.97 Å². The molecule has 0 amide bonds. The number of aryl methyl sites for hydroxylation is 1. The number of nitrogens with zero attached hydrogens (tertiary/aromatic N) is 3. The number of thiazole rings is 1. The molecule has 4 rings (SSSR count). The Kier molecular flexibility index (Phi) is 5.87. The summed E-state index contributed by atoms with van der Waals surface area (Å²) in [5.74, 6) is 0.102. The number of carbonyl (C=O) groups is 1. The van der Waals surface area contributed by atoms with Crippen LogP contribution in [-0.2, 0) is 10.4 Å². The van der Waals surface area contributed by atoms with E-state index in [2.05, 4.69) is 26.3 Å². The van der Waals surface area contributed by atoms with Crippen molar-refractivity contribution >= 4 is 28.9 Å². The lowest BCUT2D eigenvalue weighted by molar-refractivity contribution is -0.153. The summed E-state index contributed by atoms with van der Waals surface area (Å²) in [6.45, 7) is 3.75. The summed E-state index contributed by atoms with van der Waals surface area (Å²) < 4.78 is 5.15. The molecule has 0 radical (unpaired) electrons. The molecule has 1 aromatic carbocycles. The van der Waals surface area contributed by atoms with Gasteiger partial charge in [0.1, 0.15) is 10.6 Å². The van der Waals surface area contributed by atoms with Crippen molar-refractivity contribution in [1.29, 1.82) is 0 Å². The zero-order valence-corrected chi connectivity index (χ0v) is 19.1. The molecule has 8 nitrogen and oxygen atoms in total. The van der Waals surface area contributed by atoms with Crippen molar-refractivity contribution in [3.05, 3.63) is 47.2 Å². The zero-order valence-electron chi connectivity index (χ0n) is 18.3. The maximum absolute atomic E-state index is 11.5. The van der Waals surface area contributed by atoms with Crippen molar-refractivity contribution in [2.45, 2.75) is 45.1 Å². The summed E-state index contributed by atoms with van der Waals surface area (Å²) in [6.07, 6.45) is 5.01. The Bertz CT molecular complexity index is 1140. The maximum Gasteiger partial charge on any atom is 0.309 e. The molecular weight excluding hydrogens is 428 g/mol. The van der Waals surface area contributed by atoms with E-state index in [-0.39, 0.29) is 0 Å². The number of aromatic nitrogens is 3. The van der Waals surface area contributed by atoms with Crippen LogP contribution in [0.25, 0.3) is 10.4 Å². The monoisotopic (exact) mass is 454 g/mol. The first-order chi connectivity index (χ1) is 15.2. The highest BCUT2D eigenvalue weighted by Crippen LogP contribution is 2.47. The van der Waals surface area contributed by atoms with Gasteiger partial charge in [0.05, 0.1) is 17.4 Å². The number of benzene rings is 1. The number of hydrogen-bond donors (Lipinski definition) is 3. The van der Waals surface area contributed by atoms with Crippen molar-refractivity contribution in [2.24, 2.45) is 5.41 Å². The van der Waals surface area contributed by atoms with Gasteiger partial charge in [0, 0.05) is 24.1 Å². The Morgan fingerprint density at radius 1 is 1.19 bits per heavy atom. The normalized spacial score (nSPS) is 23.0. The second kappa shape index (κ2) is 8.48. The molecule has 0 aliphatic heterocycles. The fourth-order valence-electron chi connectivity index (χ4n) is 3.91. The Morgan fingerprint density at radius 3 is 2.62 bits per heavy atom. The maximum atomic E-state index is 11.5. The molecule has 3 aromatic rings. The number of aliphatic carboxylic acids is 1. The van der Waals surface area contributed by atoms with Gasteiger partial charge in [-0.2, -0.15) is 4.98 Å². The lowest BCUT2D eigenvalue weighted by atomic mass is 9.70. The number of aliphatic hydroxyl groups is 1. The molecule has 0 saturated heterocycles. The standard InChI is InChI=1S/C23H26N4O4S/c1-14-10-15(12-16(11-14)26-21-24-9-4-18(27-21)31-3)17-13-25-19(32-17)23(30)7-5-22(2,6-8-23)20(28)29/h4,9-13,30H,5-8H2,1-3H3,(H,28,29)(H,24,26,27). The van der Waals surface area contributed by atoms with Crippen LogP contribution in [-0.4, -0.2) is 38.2 Å². The van der Waals surface area contributed by atoms with Crippen LogP contribution in [0.15, 0.2) is 36.7 Å². The summed E-state index contributed by atoms with van der Waals surface area (Å²) >= 11 is 1.44. The smallest absolute Gasteiger partial charge is 0.309 e. The number of carboxylic acid groups (broad SMARTS) is 1. The largest absolute Gasteiger partial charge is 0.481 e. The van der Waals surface area contributed by atoms with Crippen molar-refractivity contribution in [3.63, 3.8) is 0 Å². The van der Waals surface area contributed by atoms with Gasteiger partial charge in [-0.05, 0) is 62.8 Å². The Labute approximate surface area is 190 Å². The van der Waals surface area contributed by atoms with E-state index in [0.717, 1.165) is 21.7 Å². The van der Waals surface area contributed by atoms with E-state index < -0.39 is 17.0 Å². The van der Waals surface area contributed by atoms with E-state index in [1.54, 1.807) is 32.5 Å². The molecule has 1 fully saturated rings. The van der Waals surface area contributed by atoms with E-state index in [4.69, 9.17) is 4.74 Å². The Hall–Kier alpha value is -3.04. The van der Waals surface area contributed by atoms with E-state index in [0.29, 0.717) is 42.5 Å². The summed E-state index contributed by atoms with van der Waals surface area (Å²) in [7, 11) is 1.56. The first-order valence-corrected chi connectivity index (χ1v) is 11.2. The number of methoxy groups -OCH3 is 1. The van der Waals surface area contributed by atoms with Crippen LogP contribution in [0.1, 0.15) is 43.2 Å². The van der Waals surface area contributed by atoms with Gasteiger partial charge in [-0.15, -0.1) is 11.3 Å². The van der Waals surface area contributed by atoms with Crippen molar-refractivity contribution in [2.75, 3.05) is 12.4 Å². The van der Waals surface area contributed by atoms with Crippen LogP contribution in [0.3, 0.4) is 0 Å². The summed E-state index contributed by atoms with van der Waals surface area (Å²) in [5.41, 5.74) is 0.977.